The SMILES string of the molecule is N[C@H]1c2ccccc2OC[C@@H]1N1CC[C@H](F)C1. The first kappa shape index (κ1) is 11.0. The number of fused-ring (bicyclic) bond motifs is 1. The third-order valence-electron chi connectivity index (χ3n) is 3.73. The van der Waals surface area contributed by atoms with Gasteiger partial charge < -0.3 is 10.5 Å². The summed E-state index contributed by atoms with van der Waals surface area (Å²) in [6.07, 6.45) is -0.0930. The monoisotopic (exact) mass is 236 g/mol. The van der Waals surface area contributed by atoms with Crippen LogP contribution < -0.4 is 10.5 Å². The molecule has 0 unspecified atom stereocenters. The van der Waals surface area contributed by atoms with Gasteiger partial charge in [0.25, 0.3) is 0 Å². The van der Waals surface area contributed by atoms with Gasteiger partial charge in [-0.1, -0.05) is 18.2 Å². The highest BCUT2D eigenvalue weighted by molar-refractivity contribution is 5.38. The average molecular weight is 236 g/mol. The van der Waals surface area contributed by atoms with Crippen LogP contribution in [0.2, 0.25) is 0 Å². The number of halogens is 1. The van der Waals surface area contributed by atoms with Crippen molar-refractivity contribution in [3.63, 3.8) is 0 Å². The van der Waals surface area contributed by atoms with E-state index < -0.39 is 6.17 Å². The van der Waals surface area contributed by atoms with Crippen molar-refractivity contribution < 1.29 is 9.13 Å². The van der Waals surface area contributed by atoms with Crippen LogP contribution in [0.5, 0.6) is 5.75 Å². The van der Waals surface area contributed by atoms with Crippen LogP contribution in [0, 0.1) is 0 Å². The number of nitrogens with two attached hydrogens (primary N) is 1. The second kappa shape index (κ2) is 4.27. The van der Waals surface area contributed by atoms with Crippen molar-refractivity contribution in [2.45, 2.75) is 24.7 Å². The zero-order valence-corrected chi connectivity index (χ0v) is 9.68. The molecule has 0 spiro atoms. The maximum absolute atomic E-state index is 13.2. The van der Waals surface area contributed by atoms with E-state index in [9.17, 15) is 4.39 Å². The fourth-order valence-electron chi connectivity index (χ4n) is 2.75. The Balaban J connectivity index is 1.82. The molecule has 0 aliphatic carbocycles. The zero-order chi connectivity index (χ0) is 11.8. The van der Waals surface area contributed by atoms with E-state index in [-0.39, 0.29) is 12.1 Å². The van der Waals surface area contributed by atoms with Gasteiger partial charge in [-0.25, -0.2) is 4.39 Å². The molecule has 1 aromatic carbocycles. The summed E-state index contributed by atoms with van der Waals surface area (Å²) in [6, 6.07) is 7.87. The minimum Gasteiger partial charge on any atom is -0.492 e. The third-order valence-corrected chi connectivity index (χ3v) is 3.73. The lowest BCUT2D eigenvalue weighted by molar-refractivity contribution is 0.112. The van der Waals surface area contributed by atoms with Gasteiger partial charge in [0.2, 0.25) is 0 Å². The van der Waals surface area contributed by atoms with Gasteiger partial charge in [0, 0.05) is 18.7 Å². The maximum atomic E-state index is 13.2. The van der Waals surface area contributed by atoms with Crippen molar-refractivity contribution >= 4 is 0 Å². The fourth-order valence-corrected chi connectivity index (χ4v) is 2.75. The molecule has 3 rings (SSSR count). The number of rotatable bonds is 1. The second-order valence-electron chi connectivity index (χ2n) is 4.82. The standard InChI is InChI=1S/C13H17FN2O/c14-9-5-6-16(7-9)11-8-17-12-4-2-1-3-10(12)13(11)15/h1-4,9,11,13H,5-8,15H2/t9-,11-,13-/m0/s1. The Kier molecular flexibility index (Phi) is 2.76. The van der Waals surface area contributed by atoms with E-state index in [1.54, 1.807) is 0 Å². The summed E-state index contributed by atoms with van der Waals surface area (Å²) in [5.41, 5.74) is 7.31. The molecule has 1 fully saturated rings. The van der Waals surface area contributed by atoms with E-state index >= 15 is 0 Å². The van der Waals surface area contributed by atoms with Gasteiger partial charge in [-0.3, -0.25) is 4.90 Å². The maximum Gasteiger partial charge on any atom is 0.124 e. The summed E-state index contributed by atoms with van der Waals surface area (Å²) >= 11 is 0. The van der Waals surface area contributed by atoms with Crippen LogP contribution in [0.15, 0.2) is 24.3 Å². The summed E-state index contributed by atoms with van der Waals surface area (Å²) in [4.78, 5) is 2.12. The minimum absolute atomic E-state index is 0.0785. The normalized spacial score (nSPS) is 33.2. The second-order valence-corrected chi connectivity index (χ2v) is 4.82. The third kappa shape index (κ3) is 1.91. The highest BCUT2D eigenvalue weighted by Gasteiger charge is 2.36. The fraction of sp³-hybridized carbons (Fsp3) is 0.538. The van der Waals surface area contributed by atoms with Gasteiger partial charge in [-0.05, 0) is 12.5 Å². The zero-order valence-electron chi connectivity index (χ0n) is 9.68. The van der Waals surface area contributed by atoms with Crippen molar-refractivity contribution in [3.05, 3.63) is 29.8 Å². The first-order valence-corrected chi connectivity index (χ1v) is 6.11. The Morgan fingerprint density at radius 3 is 2.94 bits per heavy atom. The van der Waals surface area contributed by atoms with Crippen molar-refractivity contribution in [2.24, 2.45) is 5.73 Å². The van der Waals surface area contributed by atoms with E-state index in [1.807, 2.05) is 24.3 Å². The molecule has 0 saturated carbocycles. The highest BCUT2D eigenvalue weighted by Crippen LogP contribution is 2.33. The Morgan fingerprint density at radius 2 is 2.18 bits per heavy atom. The number of hydrogen-bond acceptors (Lipinski definition) is 3. The minimum atomic E-state index is -0.709. The molecule has 0 aromatic heterocycles. The van der Waals surface area contributed by atoms with Gasteiger partial charge in [-0.2, -0.15) is 0 Å². The molecule has 3 atom stereocenters. The van der Waals surface area contributed by atoms with E-state index in [0.717, 1.165) is 17.9 Å². The van der Waals surface area contributed by atoms with Crippen LogP contribution >= 0.6 is 0 Å². The molecular weight excluding hydrogens is 219 g/mol. The van der Waals surface area contributed by atoms with Crippen molar-refractivity contribution in [1.82, 2.24) is 4.90 Å². The Labute approximate surface area is 100 Å². The molecule has 17 heavy (non-hydrogen) atoms. The Bertz CT molecular complexity index is 412. The Hall–Kier alpha value is -1.13. The van der Waals surface area contributed by atoms with Gasteiger partial charge >= 0.3 is 0 Å². The number of alkyl halides is 1. The van der Waals surface area contributed by atoms with Gasteiger partial charge in [0.1, 0.15) is 18.5 Å². The van der Waals surface area contributed by atoms with Crippen LogP contribution in [0.4, 0.5) is 4.39 Å². The first-order chi connectivity index (χ1) is 8.25. The molecule has 4 heteroatoms. The predicted octanol–water partition coefficient (Wildman–Crippen LogP) is 1.49. The van der Waals surface area contributed by atoms with E-state index in [1.165, 1.54) is 0 Å². The molecule has 0 bridgehead atoms. The lowest BCUT2D eigenvalue weighted by atomic mass is 9.96. The molecule has 2 N–H and O–H groups in total. The smallest absolute Gasteiger partial charge is 0.124 e. The lowest BCUT2D eigenvalue weighted by Gasteiger charge is -2.36. The van der Waals surface area contributed by atoms with Crippen molar-refractivity contribution in [1.29, 1.82) is 0 Å². The average Bonchev–Trinajstić information content (AvgIpc) is 2.77. The summed E-state index contributed by atoms with van der Waals surface area (Å²) in [7, 11) is 0. The summed E-state index contributed by atoms with van der Waals surface area (Å²) in [5.74, 6) is 0.868. The van der Waals surface area contributed by atoms with Crippen molar-refractivity contribution in [3.8, 4) is 5.75 Å². The number of likely N-dealkylation sites (tertiary alicyclic amines) is 1. The molecular formula is C13H17FN2O. The molecule has 3 nitrogen and oxygen atoms in total. The van der Waals surface area contributed by atoms with Crippen LogP contribution in [0.3, 0.4) is 0 Å². The molecule has 1 saturated heterocycles. The Morgan fingerprint density at radius 1 is 1.35 bits per heavy atom. The quantitative estimate of drug-likeness (QED) is 0.803. The number of nitrogens with zero attached hydrogens (tertiary/aromatic N) is 1. The first-order valence-electron chi connectivity index (χ1n) is 6.11. The number of para-hydroxylation sites is 1. The van der Waals surface area contributed by atoms with Crippen LogP contribution in [0.25, 0.3) is 0 Å². The molecule has 2 aliphatic heterocycles. The largest absolute Gasteiger partial charge is 0.492 e. The summed E-state index contributed by atoms with van der Waals surface area (Å²) in [6.45, 7) is 1.83. The molecule has 1 aromatic rings. The number of benzene rings is 1. The van der Waals surface area contributed by atoms with Crippen LogP contribution in [0.1, 0.15) is 18.0 Å². The number of hydrogen-bond donors (Lipinski definition) is 1. The summed E-state index contributed by atoms with van der Waals surface area (Å²) < 4.78 is 18.9. The van der Waals surface area contributed by atoms with E-state index in [2.05, 4.69) is 4.90 Å². The van der Waals surface area contributed by atoms with Crippen LogP contribution in [-0.4, -0.2) is 36.8 Å². The van der Waals surface area contributed by atoms with E-state index in [0.29, 0.717) is 19.6 Å². The highest BCUT2D eigenvalue weighted by atomic mass is 19.1. The van der Waals surface area contributed by atoms with Crippen molar-refractivity contribution in [2.75, 3.05) is 19.7 Å². The van der Waals surface area contributed by atoms with Gasteiger partial charge in [0.15, 0.2) is 0 Å². The van der Waals surface area contributed by atoms with Gasteiger partial charge in [0.05, 0.1) is 12.1 Å². The van der Waals surface area contributed by atoms with Crippen LogP contribution in [-0.2, 0) is 0 Å². The molecule has 2 heterocycles. The lowest BCUT2D eigenvalue weighted by Crippen LogP contribution is -2.47. The summed E-state index contributed by atoms with van der Waals surface area (Å²) in [5, 5.41) is 0. The van der Waals surface area contributed by atoms with Gasteiger partial charge in [-0.15, -0.1) is 0 Å². The predicted molar refractivity (Wildman–Crippen MR) is 63.7 cm³/mol. The molecule has 0 radical (unpaired) electrons. The molecule has 92 valence electrons. The molecule has 0 amide bonds. The van der Waals surface area contributed by atoms with E-state index in [4.69, 9.17) is 10.5 Å². The molecule has 2 aliphatic rings. The topological polar surface area (TPSA) is 38.5 Å². The number of ether oxygens (including phenoxy) is 1.